The van der Waals surface area contributed by atoms with Crippen LogP contribution in [0.5, 0.6) is 5.75 Å². The number of hydrogen-bond donors (Lipinski definition) is 0. The van der Waals surface area contributed by atoms with Gasteiger partial charge < -0.3 is 9.64 Å². The van der Waals surface area contributed by atoms with Gasteiger partial charge in [-0.05, 0) is 13.8 Å². The van der Waals surface area contributed by atoms with Crippen molar-refractivity contribution < 1.29 is 9.53 Å². The van der Waals surface area contributed by atoms with Gasteiger partial charge in [0.1, 0.15) is 5.75 Å². The Kier molecular flexibility index (Phi) is 4.60. The fraction of sp³-hybridized carbons (Fsp3) is 0.600. The van der Waals surface area contributed by atoms with E-state index in [-0.39, 0.29) is 5.91 Å². The molecule has 20 heavy (non-hydrogen) atoms. The first-order chi connectivity index (χ1) is 9.52. The molecule has 0 N–H and O–H groups in total. The van der Waals surface area contributed by atoms with Crippen LogP contribution in [0.4, 0.5) is 0 Å². The number of nitrogens with zero attached hydrogens (tertiary/aromatic N) is 3. The number of rotatable bonds is 3. The molecular weight excluding hydrogens is 254 g/mol. The molecule has 0 radical (unpaired) electrons. The predicted molar refractivity (Wildman–Crippen MR) is 77.8 cm³/mol. The standard InChI is InChI=1S/C15H23N3O2/c1-11-9-16-14(12(2)15(11)20-4)10-17-5-7-18(8-6-17)13(3)19/h9H,5-8,10H2,1-4H3. The fourth-order valence-corrected chi connectivity index (χ4v) is 2.66. The van der Waals surface area contributed by atoms with Crippen molar-refractivity contribution in [3.8, 4) is 5.75 Å². The molecule has 0 unspecified atom stereocenters. The molecule has 0 atom stereocenters. The normalized spacial score (nSPS) is 16.3. The van der Waals surface area contributed by atoms with Crippen LogP contribution in [0, 0.1) is 13.8 Å². The lowest BCUT2D eigenvalue weighted by Crippen LogP contribution is -2.47. The summed E-state index contributed by atoms with van der Waals surface area (Å²) in [5.41, 5.74) is 3.24. The second-order valence-corrected chi connectivity index (χ2v) is 5.33. The van der Waals surface area contributed by atoms with Crippen LogP contribution in [0.3, 0.4) is 0 Å². The van der Waals surface area contributed by atoms with Gasteiger partial charge in [-0.1, -0.05) is 0 Å². The molecule has 1 amide bonds. The maximum Gasteiger partial charge on any atom is 0.219 e. The van der Waals surface area contributed by atoms with E-state index < -0.39 is 0 Å². The van der Waals surface area contributed by atoms with E-state index >= 15 is 0 Å². The predicted octanol–water partition coefficient (Wildman–Crippen LogP) is 1.37. The molecule has 110 valence electrons. The van der Waals surface area contributed by atoms with Crippen molar-refractivity contribution in [3.63, 3.8) is 0 Å². The molecule has 1 aliphatic rings. The van der Waals surface area contributed by atoms with Crippen molar-refractivity contribution in [1.82, 2.24) is 14.8 Å². The van der Waals surface area contributed by atoms with E-state index in [1.807, 2.05) is 18.0 Å². The molecule has 0 bridgehead atoms. The number of piperazine rings is 1. The number of carbonyl (C=O) groups excluding carboxylic acids is 1. The van der Waals surface area contributed by atoms with E-state index in [0.29, 0.717) is 0 Å². The van der Waals surface area contributed by atoms with Crippen LogP contribution in [0.2, 0.25) is 0 Å². The Morgan fingerprint density at radius 3 is 2.50 bits per heavy atom. The lowest BCUT2D eigenvalue weighted by molar-refractivity contribution is -0.130. The third kappa shape index (κ3) is 3.10. The molecule has 2 rings (SSSR count). The third-order valence-electron chi connectivity index (χ3n) is 3.94. The van der Waals surface area contributed by atoms with E-state index in [1.54, 1.807) is 14.0 Å². The van der Waals surface area contributed by atoms with Crippen LogP contribution in [0.25, 0.3) is 0 Å². The van der Waals surface area contributed by atoms with E-state index in [2.05, 4.69) is 16.8 Å². The minimum Gasteiger partial charge on any atom is -0.496 e. The van der Waals surface area contributed by atoms with Gasteiger partial charge in [0.2, 0.25) is 5.91 Å². The van der Waals surface area contributed by atoms with Crippen molar-refractivity contribution in [1.29, 1.82) is 0 Å². The lowest BCUT2D eigenvalue weighted by Gasteiger charge is -2.34. The van der Waals surface area contributed by atoms with Gasteiger partial charge in [0, 0.05) is 57.0 Å². The van der Waals surface area contributed by atoms with Gasteiger partial charge in [-0.15, -0.1) is 0 Å². The number of ether oxygens (including phenoxy) is 1. The number of amides is 1. The number of methoxy groups -OCH3 is 1. The maximum atomic E-state index is 11.3. The van der Waals surface area contributed by atoms with Gasteiger partial charge in [-0.2, -0.15) is 0 Å². The summed E-state index contributed by atoms with van der Waals surface area (Å²) >= 11 is 0. The number of carbonyl (C=O) groups is 1. The largest absolute Gasteiger partial charge is 0.496 e. The first kappa shape index (κ1) is 14.8. The second kappa shape index (κ2) is 6.22. The smallest absolute Gasteiger partial charge is 0.219 e. The van der Waals surface area contributed by atoms with Gasteiger partial charge >= 0.3 is 0 Å². The molecular formula is C15H23N3O2. The summed E-state index contributed by atoms with van der Waals surface area (Å²) in [5.74, 6) is 1.09. The highest BCUT2D eigenvalue weighted by Gasteiger charge is 2.20. The zero-order valence-electron chi connectivity index (χ0n) is 12.8. The number of hydrogen-bond acceptors (Lipinski definition) is 4. The van der Waals surface area contributed by atoms with Gasteiger partial charge in [-0.25, -0.2) is 0 Å². The third-order valence-corrected chi connectivity index (χ3v) is 3.94. The maximum absolute atomic E-state index is 11.3. The van der Waals surface area contributed by atoms with Crippen molar-refractivity contribution >= 4 is 5.91 Å². The molecule has 1 fully saturated rings. The van der Waals surface area contributed by atoms with E-state index in [9.17, 15) is 4.79 Å². The van der Waals surface area contributed by atoms with Crippen LogP contribution in [0.1, 0.15) is 23.7 Å². The summed E-state index contributed by atoms with van der Waals surface area (Å²) in [4.78, 5) is 20.1. The first-order valence-corrected chi connectivity index (χ1v) is 7.00. The lowest BCUT2D eigenvalue weighted by atomic mass is 10.1. The molecule has 0 saturated carbocycles. The molecule has 2 heterocycles. The highest BCUT2D eigenvalue weighted by Crippen LogP contribution is 2.24. The molecule has 0 aromatic carbocycles. The monoisotopic (exact) mass is 277 g/mol. The number of aryl methyl sites for hydroxylation is 1. The van der Waals surface area contributed by atoms with E-state index in [0.717, 1.165) is 55.3 Å². The summed E-state index contributed by atoms with van der Waals surface area (Å²) in [6, 6.07) is 0. The van der Waals surface area contributed by atoms with Gasteiger partial charge in [0.05, 0.1) is 12.8 Å². The van der Waals surface area contributed by atoms with E-state index in [4.69, 9.17) is 4.74 Å². The average molecular weight is 277 g/mol. The molecule has 1 aliphatic heterocycles. The van der Waals surface area contributed by atoms with Gasteiger partial charge in [0.15, 0.2) is 0 Å². The van der Waals surface area contributed by atoms with Crippen LogP contribution < -0.4 is 4.74 Å². The molecule has 0 aliphatic carbocycles. The Labute approximate surface area is 120 Å². The minimum absolute atomic E-state index is 0.163. The van der Waals surface area contributed by atoms with Gasteiger partial charge in [0.25, 0.3) is 0 Å². The number of aromatic nitrogens is 1. The first-order valence-electron chi connectivity index (χ1n) is 7.00. The Balaban J connectivity index is 2.03. The van der Waals surface area contributed by atoms with Crippen LogP contribution in [-0.4, -0.2) is 54.0 Å². The Bertz CT molecular complexity index is 494. The molecule has 1 saturated heterocycles. The summed E-state index contributed by atoms with van der Waals surface area (Å²) in [6.07, 6.45) is 1.87. The zero-order chi connectivity index (χ0) is 14.7. The Morgan fingerprint density at radius 2 is 1.95 bits per heavy atom. The highest BCUT2D eigenvalue weighted by atomic mass is 16.5. The van der Waals surface area contributed by atoms with Crippen molar-refractivity contribution in [2.75, 3.05) is 33.3 Å². The summed E-state index contributed by atoms with van der Waals surface area (Å²) in [7, 11) is 1.70. The minimum atomic E-state index is 0.163. The SMILES string of the molecule is COc1c(C)cnc(CN2CCN(C(C)=O)CC2)c1C. The van der Waals surface area contributed by atoms with Crippen molar-refractivity contribution in [2.45, 2.75) is 27.3 Å². The summed E-state index contributed by atoms with van der Waals surface area (Å²) in [6.45, 7) is 9.91. The second-order valence-electron chi connectivity index (χ2n) is 5.33. The topological polar surface area (TPSA) is 45.7 Å². The Morgan fingerprint density at radius 1 is 1.30 bits per heavy atom. The number of pyridine rings is 1. The quantitative estimate of drug-likeness (QED) is 0.837. The Hall–Kier alpha value is -1.62. The van der Waals surface area contributed by atoms with Crippen LogP contribution in [-0.2, 0) is 11.3 Å². The van der Waals surface area contributed by atoms with Crippen LogP contribution in [0.15, 0.2) is 6.20 Å². The highest BCUT2D eigenvalue weighted by molar-refractivity contribution is 5.73. The molecule has 1 aromatic heterocycles. The molecule has 5 nitrogen and oxygen atoms in total. The van der Waals surface area contributed by atoms with Crippen molar-refractivity contribution in [2.24, 2.45) is 0 Å². The van der Waals surface area contributed by atoms with Crippen molar-refractivity contribution in [3.05, 3.63) is 23.0 Å². The zero-order valence-corrected chi connectivity index (χ0v) is 12.8. The van der Waals surface area contributed by atoms with Crippen LogP contribution >= 0.6 is 0 Å². The average Bonchev–Trinajstić information content (AvgIpc) is 2.43. The summed E-state index contributed by atoms with van der Waals surface area (Å²) in [5, 5.41) is 0. The van der Waals surface area contributed by atoms with Gasteiger partial charge in [-0.3, -0.25) is 14.7 Å². The molecule has 5 heteroatoms. The van der Waals surface area contributed by atoms with E-state index in [1.165, 1.54) is 0 Å². The molecule has 0 spiro atoms. The fourth-order valence-electron chi connectivity index (χ4n) is 2.66. The molecule has 1 aromatic rings. The summed E-state index contributed by atoms with van der Waals surface area (Å²) < 4.78 is 5.44.